The molecular formula is C17H22N2O2. The minimum atomic E-state index is 0.114. The highest BCUT2D eigenvalue weighted by atomic mass is 16.5. The largest absolute Gasteiger partial charge is 0.493 e. The van der Waals surface area contributed by atoms with Gasteiger partial charge in [-0.05, 0) is 29.7 Å². The van der Waals surface area contributed by atoms with Crippen LogP contribution in [0.4, 0.5) is 0 Å². The molecule has 0 aromatic heterocycles. The number of ether oxygens (including phenoxy) is 1. The molecule has 0 N–H and O–H groups in total. The second-order valence-corrected chi connectivity index (χ2v) is 5.88. The number of nitriles is 1. The highest BCUT2D eigenvalue weighted by Crippen LogP contribution is 2.26. The van der Waals surface area contributed by atoms with E-state index < -0.39 is 0 Å². The van der Waals surface area contributed by atoms with Crippen molar-refractivity contribution in [2.24, 2.45) is 5.92 Å². The van der Waals surface area contributed by atoms with Gasteiger partial charge in [-0.25, -0.2) is 0 Å². The molecule has 0 saturated heterocycles. The van der Waals surface area contributed by atoms with Crippen LogP contribution in [0, 0.1) is 17.2 Å². The molecule has 0 amide bonds. The van der Waals surface area contributed by atoms with Crippen molar-refractivity contribution in [1.82, 2.24) is 4.90 Å². The number of carbonyl (C=O) groups excluding carboxylic acids is 1. The van der Waals surface area contributed by atoms with Crippen molar-refractivity contribution < 1.29 is 9.53 Å². The second-order valence-electron chi connectivity index (χ2n) is 5.88. The van der Waals surface area contributed by atoms with E-state index in [1.54, 1.807) is 0 Å². The average Bonchev–Trinajstić information content (AvgIpc) is 2.91. The summed E-state index contributed by atoms with van der Waals surface area (Å²) < 4.78 is 5.46. The van der Waals surface area contributed by atoms with Crippen LogP contribution in [0.1, 0.15) is 36.2 Å². The van der Waals surface area contributed by atoms with Crippen molar-refractivity contribution in [2.45, 2.75) is 26.7 Å². The van der Waals surface area contributed by atoms with E-state index in [-0.39, 0.29) is 5.78 Å². The molecule has 0 saturated carbocycles. The van der Waals surface area contributed by atoms with Crippen LogP contribution in [0.25, 0.3) is 0 Å². The third-order valence-corrected chi connectivity index (χ3v) is 3.54. The lowest BCUT2D eigenvalue weighted by Gasteiger charge is -2.22. The normalized spacial score (nSPS) is 13.1. The summed E-state index contributed by atoms with van der Waals surface area (Å²) in [5.74, 6) is 1.49. The van der Waals surface area contributed by atoms with Crippen molar-refractivity contribution >= 4 is 5.78 Å². The summed E-state index contributed by atoms with van der Waals surface area (Å²) in [5, 5.41) is 8.73. The van der Waals surface area contributed by atoms with Crippen LogP contribution in [0.5, 0.6) is 5.75 Å². The van der Waals surface area contributed by atoms with E-state index in [1.165, 1.54) is 0 Å². The van der Waals surface area contributed by atoms with Crippen LogP contribution >= 0.6 is 0 Å². The molecule has 112 valence electrons. The Bertz CT molecular complexity index is 546. The van der Waals surface area contributed by atoms with Crippen molar-refractivity contribution in [3.05, 3.63) is 29.3 Å². The van der Waals surface area contributed by atoms with Gasteiger partial charge in [-0.2, -0.15) is 5.26 Å². The fourth-order valence-electron chi connectivity index (χ4n) is 2.61. The summed E-state index contributed by atoms with van der Waals surface area (Å²) in [7, 11) is 0. The van der Waals surface area contributed by atoms with Crippen LogP contribution in [0.15, 0.2) is 18.2 Å². The molecule has 21 heavy (non-hydrogen) atoms. The number of ketones is 1. The SMILES string of the molecule is CC(C)CN(CCC#N)CC(=O)c1ccc2c(c1)CCO2. The molecule has 0 atom stereocenters. The Morgan fingerprint density at radius 1 is 1.48 bits per heavy atom. The van der Waals surface area contributed by atoms with Gasteiger partial charge in [0.05, 0.1) is 19.2 Å². The lowest BCUT2D eigenvalue weighted by molar-refractivity contribution is 0.0923. The third kappa shape index (κ3) is 4.30. The monoisotopic (exact) mass is 286 g/mol. The van der Waals surface area contributed by atoms with Crippen molar-refractivity contribution in [2.75, 3.05) is 26.2 Å². The molecule has 1 aliphatic heterocycles. The van der Waals surface area contributed by atoms with Crippen LogP contribution in [0.3, 0.4) is 0 Å². The summed E-state index contributed by atoms with van der Waals surface area (Å²) in [6, 6.07) is 7.82. The number of fused-ring (bicyclic) bond motifs is 1. The zero-order chi connectivity index (χ0) is 15.2. The van der Waals surface area contributed by atoms with Crippen LogP contribution < -0.4 is 4.74 Å². The summed E-state index contributed by atoms with van der Waals surface area (Å²) in [6.45, 7) is 6.80. The Labute approximate surface area is 126 Å². The maximum atomic E-state index is 12.4. The smallest absolute Gasteiger partial charge is 0.176 e. The zero-order valence-electron chi connectivity index (χ0n) is 12.8. The molecule has 0 fully saturated rings. The average molecular weight is 286 g/mol. The van der Waals surface area contributed by atoms with Gasteiger partial charge in [-0.3, -0.25) is 9.69 Å². The molecule has 1 heterocycles. The second kappa shape index (κ2) is 7.24. The van der Waals surface area contributed by atoms with E-state index in [4.69, 9.17) is 10.00 Å². The quantitative estimate of drug-likeness (QED) is 0.723. The number of rotatable bonds is 7. The first kappa shape index (κ1) is 15.5. The molecule has 0 radical (unpaired) electrons. The Morgan fingerprint density at radius 2 is 2.29 bits per heavy atom. The van der Waals surface area contributed by atoms with Gasteiger partial charge >= 0.3 is 0 Å². The maximum absolute atomic E-state index is 12.4. The number of hydrogen-bond donors (Lipinski definition) is 0. The van der Waals surface area contributed by atoms with E-state index in [2.05, 4.69) is 24.8 Å². The zero-order valence-corrected chi connectivity index (χ0v) is 12.8. The van der Waals surface area contributed by atoms with Gasteiger partial charge in [0, 0.05) is 31.5 Å². The van der Waals surface area contributed by atoms with Gasteiger partial charge < -0.3 is 4.74 Å². The molecule has 1 aliphatic rings. The minimum Gasteiger partial charge on any atom is -0.493 e. The number of Topliss-reactive ketones (excluding diaryl/α,β-unsaturated/α-hetero) is 1. The Balaban J connectivity index is 2.02. The topological polar surface area (TPSA) is 53.3 Å². The highest BCUT2D eigenvalue weighted by molar-refractivity contribution is 5.98. The lowest BCUT2D eigenvalue weighted by atomic mass is 10.0. The van der Waals surface area contributed by atoms with Gasteiger partial charge in [-0.15, -0.1) is 0 Å². The van der Waals surface area contributed by atoms with Gasteiger partial charge in [-0.1, -0.05) is 13.8 Å². The Morgan fingerprint density at radius 3 is 3.00 bits per heavy atom. The van der Waals surface area contributed by atoms with Gasteiger partial charge in [0.25, 0.3) is 0 Å². The first-order valence-corrected chi connectivity index (χ1v) is 7.48. The van der Waals surface area contributed by atoms with Crippen LogP contribution in [-0.2, 0) is 6.42 Å². The molecule has 4 heteroatoms. The summed E-state index contributed by atoms with van der Waals surface area (Å²) in [6.07, 6.45) is 1.33. The van der Waals surface area contributed by atoms with Gasteiger partial charge in [0.2, 0.25) is 0 Å². The molecule has 0 aliphatic carbocycles. The number of benzene rings is 1. The first-order valence-electron chi connectivity index (χ1n) is 7.48. The number of carbonyl (C=O) groups is 1. The Hall–Kier alpha value is -1.86. The highest BCUT2D eigenvalue weighted by Gasteiger charge is 2.17. The van der Waals surface area contributed by atoms with E-state index in [0.29, 0.717) is 32.0 Å². The lowest BCUT2D eigenvalue weighted by Crippen LogP contribution is -2.33. The van der Waals surface area contributed by atoms with Crippen molar-refractivity contribution in [3.63, 3.8) is 0 Å². The molecule has 4 nitrogen and oxygen atoms in total. The fraction of sp³-hybridized carbons (Fsp3) is 0.529. The van der Waals surface area contributed by atoms with E-state index in [1.807, 2.05) is 18.2 Å². The van der Waals surface area contributed by atoms with Crippen molar-refractivity contribution in [3.8, 4) is 11.8 Å². The number of hydrogen-bond acceptors (Lipinski definition) is 4. The molecule has 0 spiro atoms. The van der Waals surface area contributed by atoms with Gasteiger partial charge in [0.1, 0.15) is 5.75 Å². The summed E-state index contributed by atoms with van der Waals surface area (Å²) in [4.78, 5) is 14.5. The van der Waals surface area contributed by atoms with Gasteiger partial charge in [0.15, 0.2) is 5.78 Å². The van der Waals surface area contributed by atoms with Crippen LogP contribution in [0.2, 0.25) is 0 Å². The minimum absolute atomic E-state index is 0.114. The standard InChI is InChI=1S/C17H22N2O2/c1-13(2)11-19(8-3-7-18)12-16(20)14-4-5-17-15(10-14)6-9-21-17/h4-5,10,13H,3,6,8-9,11-12H2,1-2H3. The molecule has 1 aromatic carbocycles. The van der Waals surface area contributed by atoms with Crippen LogP contribution in [-0.4, -0.2) is 36.9 Å². The fourth-order valence-corrected chi connectivity index (χ4v) is 2.61. The molecule has 0 bridgehead atoms. The third-order valence-electron chi connectivity index (χ3n) is 3.54. The maximum Gasteiger partial charge on any atom is 0.176 e. The summed E-state index contributed by atoms with van der Waals surface area (Å²) in [5.41, 5.74) is 1.86. The predicted molar refractivity (Wildman–Crippen MR) is 81.5 cm³/mol. The van der Waals surface area contributed by atoms with E-state index in [0.717, 1.165) is 29.8 Å². The van der Waals surface area contributed by atoms with Crippen molar-refractivity contribution in [1.29, 1.82) is 5.26 Å². The number of nitrogens with zero attached hydrogens (tertiary/aromatic N) is 2. The Kier molecular flexibility index (Phi) is 5.35. The van der Waals surface area contributed by atoms with E-state index >= 15 is 0 Å². The predicted octanol–water partition coefficient (Wildman–Crippen LogP) is 2.68. The molecule has 0 unspecified atom stereocenters. The summed E-state index contributed by atoms with van der Waals surface area (Å²) >= 11 is 0. The molecule has 2 rings (SSSR count). The molecule has 1 aromatic rings. The first-order chi connectivity index (χ1) is 10.1. The molecular weight excluding hydrogens is 264 g/mol. The van der Waals surface area contributed by atoms with E-state index in [9.17, 15) is 4.79 Å².